The molecule has 1 atom stereocenters. The number of aromatic nitrogens is 4. The van der Waals surface area contributed by atoms with Crippen LogP contribution >= 0.6 is 11.3 Å². The van der Waals surface area contributed by atoms with E-state index in [-0.39, 0.29) is 10.9 Å². The third-order valence-corrected chi connectivity index (χ3v) is 3.25. The first kappa shape index (κ1) is 11.5. The van der Waals surface area contributed by atoms with Crippen LogP contribution in [0.5, 0.6) is 0 Å². The molecule has 7 nitrogen and oxygen atoms in total. The van der Waals surface area contributed by atoms with Crippen molar-refractivity contribution in [2.24, 2.45) is 0 Å². The largest absolute Gasteiger partial charge is 0.477 e. The lowest BCUT2D eigenvalue weighted by Crippen LogP contribution is -2.08. The molecule has 0 amide bonds. The topological polar surface area (TPSA) is 104 Å². The van der Waals surface area contributed by atoms with Gasteiger partial charge >= 0.3 is 5.97 Å². The summed E-state index contributed by atoms with van der Waals surface area (Å²) in [5.74, 6) is -0.282. The molecule has 90 valence electrons. The molecule has 0 saturated heterocycles. The van der Waals surface area contributed by atoms with E-state index in [9.17, 15) is 4.79 Å². The van der Waals surface area contributed by atoms with Crippen molar-refractivity contribution in [1.82, 2.24) is 20.2 Å². The predicted octanol–water partition coefficient (Wildman–Crippen LogP) is 1.44. The number of nitrogens with one attached hydrogen (secondary N) is 2. The molecule has 3 N–H and O–H groups in total. The summed E-state index contributed by atoms with van der Waals surface area (Å²) < 4.78 is 0. The maximum atomic E-state index is 10.9. The van der Waals surface area contributed by atoms with E-state index in [1.54, 1.807) is 6.92 Å². The number of carbonyl (C=O) groups is 1. The fourth-order valence-corrected chi connectivity index (χ4v) is 2.23. The number of aromatic carboxylic acids is 1. The Morgan fingerprint density at radius 3 is 2.94 bits per heavy atom. The van der Waals surface area contributed by atoms with Crippen molar-refractivity contribution in [1.29, 1.82) is 0 Å². The van der Waals surface area contributed by atoms with Crippen LogP contribution in [0.1, 0.15) is 34.2 Å². The van der Waals surface area contributed by atoms with Crippen molar-refractivity contribution in [3.63, 3.8) is 0 Å². The first-order chi connectivity index (χ1) is 8.08. The second-order valence-corrected chi connectivity index (χ2v) is 4.47. The minimum atomic E-state index is -0.958. The Labute approximate surface area is 101 Å². The van der Waals surface area contributed by atoms with Crippen LogP contribution in [-0.2, 0) is 0 Å². The van der Waals surface area contributed by atoms with Crippen molar-refractivity contribution in [2.75, 3.05) is 5.32 Å². The Balaban J connectivity index is 2.14. The minimum absolute atomic E-state index is 0.107. The lowest BCUT2D eigenvalue weighted by molar-refractivity contribution is 0.0701. The summed E-state index contributed by atoms with van der Waals surface area (Å²) in [4.78, 5) is 19.3. The van der Waals surface area contributed by atoms with Gasteiger partial charge in [-0.15, -0.1) is 0 Å². The van der Waals surface area contributed by atoms with Crippen molar-refractivity contribution >= 4 is 22.4 Å². The molecule has 8 heteroatoms. The smallest absolute Gasteiger partial charge is 0.347 e. The molecular formula is C9H11N5O2S. The number of H-pyrrole nitrogens is 1. The summed E-state index contributed by atoms with van der Waals surface area (Å²) in [5.41, 5.74) is 0.509. The molecule has 1 unspecified atom stereocenters. The SMILES string of the molecule is Cc1nc(NC(C)c2ncn[nH]2)sc1C(=O)O. The van der Waals surface area contributed by atoms with Crippen LogP contribution in [0.15, 0.2) is 6.33 Å². The van der Waals surface area contributed by atoms with Crippen molar-refractivity contribution in [3.05, 3.63) is 22.7 Å². The van der Waals surface area contributed by atoms with E-state index >= 15 is 0 Å². The van der Waals surface area contributed by atoms with Crippen LogP contribution in [0, 0.1) is 6.92 Å². The number of carboxylic acids is 1. The fraction of sp³-hybridized carbons (Fsp3) is 0.333. The van der Waals surface area contributed by atoms with Gasteiger partial charge in [0.1, 0.15) is 17.0 Å². The molecule has 0 aliphatic carbocycles. The van der Waals surface area contributed by atoms with Crippen molar-refractivity contribution < 1.29 is 9.90 Å². The predicted molar refractivity (Wildman–Crippen MR) is 62.2 cm³/mol. The number of hydrogen-bond donors (Lipinski definition) is 3. The van der Waals surface area contributed by atoms with Gasteiger partial charge in [0.05, 0.1) is 11.7 Å². The summed E-state index contributed by atoms with van der Waals surface area (Å²) in [6.07, 6.45) is 1.42. The standard InChI is InChI=1S/C9H11N5O2S/c1-4-6(8(15)16)17-9(12-4)13-5(2)7-10-3-11-14-7/h3,5H,1-2H3,(H,12,13)(H,15,16)(H,10,11,14). The van der Waals surface area contributed by atoms with Crippen molar-refractivity contribution in [3.8, 4) is 0 Å². The van der Waals surface area contributed by atoms with Crippen LogP contribution in [0.4, 0.5) is 5.13 Å². The number of aryl methyl sites for hydroxylation is 1. The van der Waals surface area contributed by atoms with E-state index in [1.807, 2.05) is 6.92 Å². The van der Waals surface area contributed by atoms with E-state index in [4.69, 9.17) is 5.11 Å². The zero-order valence-corrected chi connectivity index (χ0v) is 10.1. The lowest BCUT2D eigenvalue weighted by atomic mass is 10.3. The highest BCUT2D eigenvalue weighted by molar-refractivity contribution is 7.17. The average Bonchev–Trinajstić information content (AvgIpc) is 2.86. The van der Waals surface area contributed by atoms with Gasteiger partial charge in [0.2, 0.25) is 0 Å². The van der Waals surface area contributed by atoms with E-state index in [2.05, 4.69) is 25.5 Å². The molecule has 0 aromatic carbocycles. The molecule has 0 radical (unpaired) electrons. The number of nitrogens with zero attached hydrogens (tertiary/aromatic N) is 3. The molecule has 0 bridgehead atoms. The highest BCUT2D eigenvalue weighted by Crippen LogP contribution is 2.25. The third-order valence-electron chi connectivity index (χ3n) is 2.17. The highest BCUT2D eigenvalue weighted by atomic mass is 32.1. The molecule has 0 aliphatic heterocycles. The molecule has 0 aliphatic rings. The average molecular weight is 253 g/mol. The number of carboxylic acid groups (broad SMARTS) is 1. The van der Waals surface area contributed by atoms with Crippen LogP contribution < -0.4 is 5.32 Å². The third kappa shape index (κ3) is 2.41. The zero-order chi connectivity index (χ0) is 12.4. The van der Waals surface area contributed by atoms with E-state index in [0.717, 1.165) is 11.3 Å². The molecular weight excluding hydrogens is 242 g/mol. The Morgan fingerprint density at radius 1 is 1.65 bits per heavy atom. The molecule has 2 aromatic rings. The monoisotopic (exact) mass is 253 g/mol. The summed E-state index contributed by atoms with van der Waals surface area (Å²) in [5, 5.41) is 19.0. The highest BCUT2D eigenvalue weighted by Gasteiger charge is 2.16. The van der Waals surface area contributed by atoms with Crippen LogP contribution in [0.3, 0.4) is 0 Å². The fourth-order valence-electron chi connectivity index (χ4n) is 1.33. The van der Waals surface area contributed by atoms with E-state index in [1.165, 1.54) is 6.33 Å². The van der Waals surface area contributed by atoms with Crippen LogP contribution in [-0.4, -0.2) is 31.2 Å². The Morgan fingerprint density at radius 2 is 2.41 bits per heavy atom. The molecule has 2 rings (SSSR count). The first-order valence-electron chi connectivity index (χ1n) is 4.90. The number of thiazole rings is 1. The second-order valence-electron chi connectivity index (χ2n) is 3.48. The molecule has 0 saturated carbocycles. The number of hydrogen-bond acceptors (Lipinski definition) is 6. The first-order valence-corrected chi connectivity index (χ1v) is 5.72. The normalized spacial score (nSPS) is 12.4. The van der Waals surface area contributed by atoms with Gasteiger partial charge in [-0.1, -0.05) is 11.3 Å². The van der Waals surface area contributed by atoms with Crippen LogP contribution in [0.25, 0.3) is 0 Å². The molecule has 17 heavy (non-hydrogen) atoms. The molecule has 2 aromatic heterocycles. The number of rotatable bonds is 4. The lowest BCUT2D eigenvalue weighted by Gasteiger charge is -2.08. The van der Waals surface area contributed by atoms with Gasteiger partial charge in [0.15, 0.2) is 5.13 Å². The van der Waals surface area contributed by atoms with E-state index in [0.29, 0.717) is 16.6 Å². The van der Waals surface area contributed by atoms with Gasteiger partial charge in [-0.3, -0.25) is 5.10 Å². The van der Waals surface area contributed by atoms with Gasteiger partial charge in [0, 0.05) is 0 Å². The molecule has 0 spiro atoms. The summed E-state index contributed by atoms with van der Waals surface area (Å²) >= 11 is 1.11. The minimum Gasteiger partial charge on any atom is -0.477 e. The van der Waals surface area contributed by atoms with Gasteiger partial charge in [-0.05, 0) is 13.8 Å². The maximum Gasteiger partial charge on any atom is 0.347 e. The van der Waals surface area contributed by atoms with Gasteiger partial charge < -0.3 is 10.4 Å². The number of anilines is 1. The summed E-state index contributed by atoms with van der Waals surface area (Å²) in [6, 6.07) is -0.107. The zero-order valence-electron chi connectivity index (χ0n) is 9.26. The second kappa shape index (κ2) is 4.50. The summed E-state index contributed by atoms with van der Waals surface area (Å²) in [6.45, 7) is 3.56. The van der Waals surface area contributed by atoms with Crippen LogP contribution in [0.2, 0.25) is 0 Å². The molecule has 2 heterocycles. The van der Waals surface area contributed by atoms with Gasteiger partial charge in [0.25, 0.3) is 0 Å². The Hall–Kier alpha value is -1.96. The Bertz CT molecular complexity index is 521. The van der Waals surface area contributed by atoms with Gasteiger partial charge in [-0.25, -0.2) is 14.8 Å². The quantitative estimate of drug-likeness (QED) is 0.761. The van der Waals surface area contributed by atoms with E-state index < -0.39 is 5.97 Å². The Kier molecular flexibility index (Phi) is 3.05. The summed E-state index contributed by atoms with van der Waals surface area (Å²) in [7, 11) is 0. The molecule has 0 fully saturated rings. The number of aromatic amines is 1. The van der Waals surface area contributed by atoms with Crippen molar-refractivity contribution in [2.45, 2.75) is 19.9 Å². The van der Waals surface area contributed by atoms with Gasteiger partial charge in [-0.2, -0.15) is 5.10 Å². The maximum absolute atomic E-state index is 10.9.